The first-order chi connectivity index (χ1) is 14.2. The molecule has 156 valence electrons. The second-order valence-corrected chi connectivity index (χ2v) is 6.88. The Balaban J connectivity index is 1.87. The molecule has 1 aliphatic rings. The lowest BCUT2D eigenvalue weighted by Crippen LogP contribution is -2.52. The fourth-order valence-corrected chi connectivity index (χ4v) is 3.07. The van der Waals surface area contributed by atoms with Crippen LogP contribution in [-0.4, -0.2) is 48.9 Å². The molecule has 0 N–H and O–H groups in total. The van der Waals surface area contributed by atoms with E-state index in [1.807, 2.05) is 0 Å². The number of ether oxygens (including phenoxy) is 2. The molecule has 0 atom stereocenters. The average Bonchev–Trinajstić information content (AvgIpc) is 2.74. The molecule has 0 radical (unpaired) electrons. The van der Waals surface area contributed by atoms with Crippen molar-refractivity contribution in [3.63, 3.8) is 0 Å². The molecule has 7 nitrogen and oxygen atoms in total. The first-order valence-electron chi connectivity index (χ1n) is 8.80. The summed E-state index contributed by atoms with van der Waals surface area (Å²) < 4.78 is 24.9. The van der Waals surface area contributed by atoms with Gasteiger partial charge in [-0.3, -0.25) is 19.4 Å². The Labute approximate surface area is 177 Å². The number of imide groups is 2. The molecule has 1 aliphatic heterocycles. The number of hydrogen-bond donors (Lipinski definition) is 0. The summed E-state index contributed by atoms with van der Waals surface area (Å²) >= 11 is 6.01. The van der Waals surface area contributed by atoms with Crippen LogP contribution in [0.4, 0.5) is 9.18 Å². The van der Waals surface area contributed by atoms with Crippen LogP contribution < -0.4 is 9.47 Å². The largest absolute Gasteiger partial charge is 0.493 e. The van der Waals surface area contributed by atoms with Gasteiger partial charge in [-0.2, -0.15) is 0 Å². The number of amides is 4. The summed E-state index contributed by atoms with van der Waals surface area (Å²) in [7, 11) is 4.02. The van der Waals surface area contributed by atoms with E-state index in [1.165, 1.54) is 39.4 Å². The maximum absolute atomic E-state index is 13.9. The van der Waals surface area contributed by atoms with E-state index in [9.17, 15) is 18.8 Å². The average molecular weight is 433 g/mol. The Bertz CT molecular complexity index is 1020. The summed E-state index contributed by atoms with van der Waals surface area (Å²) in [6.07, 6.45) is 1.37. The van der Waals surface area contributed by atoms with Crippen LogP contribution in [0.15, 0.2) is 42.0 Å². The molecule has 0 unspecified atom stereocenters. The number of hydrogen-bond acceptors (Lipinski definition) is 5. The van der Waals surface area contributed by atoms with Crippen molar-refractivity contribution < 1.29 is 28.2 Å². The molecule has 0 aliphatic carbocycles. The summed E-state index contributed by atoms with van der Waals surface area (Å²) in [5.74, 6) is -1.25. The van der Waals surface area contributed by atoms with Gasteiger partial charge in [0.05, 0.1) is 12.1 Å². The van der Waals surface area contributed by atoms with E-state index in [0.717, 1.165) is 9.80 Å². The molecule has 1 heterocycles. The van der Waals surface area contributed by atoms with Gasteiger partial charge in [0.2, 0.25) is 0 Å². The number of barbiturate groups is 1. The minimum absolute atomic E-state index is 0.114. The predicted octanol–water partition coefficient (Wildman–Crippen LogP) is 3.50. The molecule has 4 amide bonds. The van der Waals surface area contributed by atoms with E-state index in [2.05, 4.69) is 0 Å². The fourth-order valence-electron chi connectivity index (χ4n) is 2.86. The zero-order chi connectivity index (χ0) is 22.0. The summed E-state index contributed by atoms with van der Waals surface area (Å²) in [4.78, 5) is 38.2. The third kappa shape index (κ3) is 3.99. The standard InChI is InChI=1S/C21H18ClFN2O5/c1-24-19(26)13(20(27)25(2)21(24)28)9-12-7-8-17(18(10-12)29-3)30-11-14-15(22)5-4-6-16(14)23/h4-10H,11H2,1-3H3. The Hall–Kier alpha value is -3.39. The Morgan fingerprint density at radius 1 is 1.03 bits per heavy atom. The highest BCUT2D eigenvalue weighted by Crippen LogP contribution is 2.31. The van der Waals surface area contributed by atoms with Crippen LogP contribution in [0.25, 0.3) is 6.08 Å². The van der Waals surface area contributed by atoms with Crippen LogP contribution in [0.3, 0.4) is 0 Å². The van der Waals surface area contributed by atoms with Crippen molar-refractivity contribution in [1.82, 2.24) is 9.80 Å². The highest BCUT2D eigenvalue weighted by Gasteiger charge is 2.37. The van der Waals surface area contributed by atoms with Gasteiger partial charge in [-0.05, 0) is 35.9 Å². The summed E-state index contributed by atoms with van der Waals surface area (Å²) in [6.45, 7) is -0.114. The normalized spacial score (nSPS) is 14.3. The van der Waals surface area contributed by atoms with Crippen molar-refractivity contribution in [1.29, 1.82) is 0 Å². The number of urea groups is 1. The van der Waals surface area contributed by atoms with Gasteiger partial charge in [0, 0.05) is 19.7 Å². The van der Waals surface area contributed by atoms with Gasteiger partial charge < -0.3 is 9.47 Å². The molecule has 30 heavy (non-hydrogen) atoms. The Kier molecular flexibility index (Phi) is 6.07. The lowest BCUT2D eigenvalue weighted by molar-refractivity contribution is -0.134. The van der Waals surface area contributed by atoms with Gasteiger partial charge in [0.1, 0.15) is 18.0 Å². The molecule has 2 aromatic carbocycles. The van der Waals surface area contributed by atoms with Crippen molar-refractivity contribution in [2.75, 3.05) is 21.2 Å². The van der Waals surface area contributed by atoms with Gasteiger partial charge in [0.15, 0.2) is 11.5 Å². The molecule has 0 saturated carbocycles. The zero-order valence-corrected chi connectivity index (χ0v) is 17.2. The second-order valence-electron chi connectivity index (χ2n) is 6.47. The van der Waals surface area contributed by atoms with E-state index in [1.54, 1.807) is 24.3 Å². The first kappa shape index (κ1) is 21.3. The molecule has 9 heteroatoms. The Morgan fingerprint density at radius 2 is 1.70 bits per heavy atom. The third-order valence-corrected chi connectivity index (χ3v) is 4.93. The number of methoxy groups -OCH3 is 1. The first-order valence-corrected chi connectivity index (χ1v) is 9.18. The van der Waals surface area contributed by atoms with Gasteiger partial charge in [-0.1, -0.05) is 23.7 Å². The van der Waals surface area contributed by atoms with Gasteiger partial charge in [-0.25, -0.2) is 9.18 Å². The molecule has 0 spiro atoms. The predicted molar refractivity (Wildman–Crippen MR) is 108 cm³/mol. The molecular formula is C21H18ClFN2O5. The maximum Gasteiger partial charge on any atom is 0.333 e. The summed E-state index contributed by atoms with van der Waals surface area (Å²) in [5, 5.41) is 0.243. The number of rotatable bonds is 5. The number of nitrogens with zero attached hydrogens (tertiary/aromatic N) is 2. The van der Waals surface area contributed by atoms with Gasteiger partial charge in [-0.15, -0.1) is 0 Å². The zero-order valence-electron chi connectivity index (χ0n) is 16.4. The minimum Gasteiger partial charge on any atom is -0.493 e. The minimum atomic E-state index is -0.699. The highest BCUT2D eigenvalue weighted by molar-refractivity contribution is 6.31. The number of benzene rings is 2. The van der Waals surface area contributed by atoms with Gasteiger partial charge >= 0.3 is 6.03 Å². The lowest BCUT2D eigenvalue weighted by atomic mass is 10.1. The van der Waals surface area contributed by atoms with Gasteiger partial charge in [0.25, 0.3) is 11.8 Å². The SMILES string of the molecule is COc1cc(C=C2C(=O)N(C)C(=O)N(C)C2=O)ccc1OCc1c(F)cccc1Cl. The van der Waals surface area contributed by atoms with E-state index in [4.69, 9.17) is 21.1 Å². The van der Waals surface area contributed by atoms with Crippen LogP contribution in [0.5, 0.6) is 11.5 Å². The number of carbonyl (C=O) groups excluding carboxylic acids is 3. The monoisotopic (exact) mass is 432 g/mol. The third-order valence-electron chi connectivity index (χ3n) is 4.58. The van der Waals surface area contributed by atoms with Crippen molar-refractivity contribution in [3.8, 4) is 11.5 Å². The quantitative estimate of drug-likeness (QED) is 0.534. The fraction of sp³-hybridized carbons (Fsp3) is 0.190. The maximum atomic E-state index is 13.9. The second kappa shape index (κ2) is 8.54. The number of halogens is 2. The molecule has 1 fully saturated rings. The lowest BCUT2D eigenvalue weighted by Gasteiger charge is -2.28. The highest BCUT2D eigenvalue weighted by atomic mass is 35.5. The van der Waals surface area contributed by atoms with E-state index in [0.29, 0.717) is 17.1 Å². The van der Waals surface area contributed by atoms with Crippen LogP contribution in [0.2, 0.25) is 5.02 Å². The molecular weight excluding hydrogens is 415 g/mol. The number of likely N-dealkylation sites (N-methyl/N-ethyl adjacent to an activating group) is 2. The summed E-state index contributed by atoms with van der Waals surface area (Å²) in [5.41, 5.74) is 0.533. The molecule has 0 bridgehead atoms. The molecule has 1 saturated heterocycles. The van der Waals surface area contributed by atoms with E-state index in [-0.39, 0.29) is 22.8 Å². The topological polar surface area (TPSA) is 76.2 Å². The molecule has 3 rings (SSSR count). The van der Waals surface area contributed by atoms with Crippen molar-refractivity contribution in [3.05, 3.63) is 63.9 Å². The van der Waals surface area contributed by atoms with Crippen molar-refractivity contribution in [2.45, 2.75) is 6.61 Å². The van der Waals surface area contributed by atoms with E-state index >= 15 is 0 Å². The number of carbonyl (C=O) groups is 3. The van der Waals surface area contributed by atoms with Crippen molar-refractivity contribution in [2.24, 2.45) is 0 Å². The van der Waals surface area contributed by atoms with Crippen LogP contribution >= 0.6 is 11.6 Å². The Morgan fingerprint density at radius 3 is 2.30 bits per heavy atom. The van der Waals surface area contributed by atoms with Crippen LogP contribution in [-0.2, 0) is 16.2 Å². The van der Waals surface area contributed by atoms with Crippen LogP contribution in [0.1, 0.15) is 11.1 Å². The molecule has 0 aromatic heterocycles. The van der Waals surface area contributed by atoms with E-state index < -0.39 is 23.7 Å². The van der Waals surface area contributed by atoms with Crippen molar-refractivity contribution >= 4 is 35.5 Å². The summed E-state index contributed by atoms with van der Waals surface area (Å²) in [6, 6.07) is 8.38. The van der Waals surface area contributed by atoms with Crippen LogP contribution in [0, 0.1) is 5.82 Å². The molecule has 2 aromatic rings. The smallest absolute Gasteiger partial charge is 0.333 e.